The van der Waals surface area contributed by atoms with Crippen molar-refractivity contribution in [1.29, 1.82) is 0 Å². The number of aromatic nitrogens is 1. The molecule has 0 saturated carbocycles. The minimum absolute atomic E-state index is 0.0116. The molecule has 2 aromatic rings. The van der Waals surface area contributed by atoms with Gasteiger partial charge in [0.1, 0.15) is 5.15 Å². The molecule has 1 amide bonds. The molecule has 118 valence electrons. The Morgan fingerprint density at radius 2 is 1.74 bits per heavy atom. The summed E-state index contributed by atoms with van der Waals surface area (Å²) in [6.07, 6.45) is 2.91. The van der Waals surface area contributed by atoms with Crippen LogP contribution in [0.1, 0.15) is 33.6 Å². The van der Waals surface area contributed by atoms with Crippen molar-refractivity contribution in [1.82, 2.24) is 9.88 Å². The van der Waals surface area contributed by atoms with Gasteiger partial charge in [-0.2, -0.15) is 0 Å². The number of pyridine rings is 1. The van der Waals surface area contributed by atoms with E-state index in [1.165, 1.54) is 6.20 Å². The zero-order chi connectivity index (χ0) is 16.2. The fraction of sp³-hybridized carbons (Fsp3) is 0.278. The first-order chi connectivity index (χ1) is 11.1. The zero-order valence-electron chi connectivity index (χ0n) is 12.6. The van der Waals surface area contributed by atoms with Gasteiger partial charge in [0.2, 0.25) is 0 Å². The van der Waals surface area contributed by atoms with E-state index in [-0.39, 0.29) is 17.6 Å². The van der Waals surface area contributed by atoms with Crippen molar-refractivity contribution in [2.45, 2.75) is 12.8 Å². The van der Waals surface area contributed by atoms with Crippen LogP contribution in [0.2, 0.25) is 5.15 Å². The fourth-order valence-corrected chi connectivity index (χ4v) is 3.07. The number of carbonyl (C=O) groups is 2. The van der Waals surface area contributed by atoms with E-state index in [4.69, 9.17) is 11.6 Å². The van der Waals surface area contributed by atoms with Gasteiger partial charge in [-0.15, -0.1) is 0 Å². The lowest BCUT2D eigenvalue weighted by molar-refractivity contribution is 0.0650. The van der Waals surface area contributed by atoms with Gasteiger partial charge in [0.25, 0.3) is 5.91 Å². The number of piperidine rings is 1. The highest BCUT2D eigenvalue weighted by Gasteiger charge is 2.28. The third-order valence-electron chi connectivity index (χ3n) is 4.18. The van der Waals surface area contributed by atoms with Crippen molar-refractivity contribution in [3.63, 3.8) is 0 Å². The summed E-state index contributed by atoms with van der Waals surface area (Å²) >= 11 is 5.83. The standard InChI is InChI=1S/C18H17ClN2O2/c19-16-12-15(6-9-20-16)18(23)21-10-7-14(8-11-21)17(22)13-4-2-1-3-5-13/h1-6,9,12,14H,7-8,10-11H2. The first kappa shape index (κ1) is 15.7. The van der Waals surface area contributed by atoms with E-state index in [2.05, 4.69) is 4.98 Å². The van der Waals surface area contributed by atoms with E-state index in [1.807, 2.05) is 30.3 Å². The highest BCUT2D eigenvalue weighted by molar-refractivity contribution is 6.29. The van der Waals surface area contributed by atoms with Crippen LogP contribution in [0.4, 0.5) is 0 Å². The maximum Gasteiger partial charge on any atom is 0.254 e. The summed E-state index contributed by atoms with van der Waals surface area (Å²) in [5.74, 6) is 0.104. The van der Waals surface area contributed by atoms with Crippen molar-refractivity contribution in [3.05, 3.63) is 64.9 Å². The number of Topliss-reactive ketones (excluding diaryl/α,β-unsaturated/α-hetero) is 1. The fourth-order valence-electron chi connectivity index (χ4n) is 2.90. The second-order valence-electron chi connectivity index (χ2n) is 5.66. The summed E-state index contributed by atoms with van der Waals surface area (Å²) in [5.41, 5.74) is 1.29. The predicted octanol–water partition coefficient (Wildman–Crippen LogP) is 3.47. The van der Waals surface area contributed by atoms with Gasteiger partial charge in [0.15, 0.2) is 5.78 Å². The first-order valence-electron chi connectivity index (χ1n) is 7.65. The molecule has 0 aliphatic carbocycles. The van der Waals surface area contributed by atoms with Crippen LogP contribution in [0.15, 0.2) is 48.7 Å². The molecule has 1 fully saturated rings. The third-order valence-corrected chi connectivity index (χ3v) is 4.39. The lowest BCUT2D eigenvalue weighted by Crippen LogP contribution is -2.40. The topological polar surface area (TPSA) is 50.3 Å². The van der Waals surface area contributed by atoms with Gasteiger partial charge in [-0.1, -0.05) is 41.9 Å². The molecule has 2 heterocycles. The molecule has 0 atom stereocenters. The van der Waals surface area contributed by atoms with Crippen LogP contribution >= 0.6 is 11.6 Å². The average Bonchev–Trinajstić information content (AvgIpc) is 2.61. The molecule has 3 rings (SSSR count). The van der Waals surface area contributed by atoms with Crippen molar-refractivity contribution in [2.75, 3.05) is 13.1 Å². The van der Waals surface area contributed by atoms with E-state index >= 15 is 0 Å². The Morgan fingerprint density at radius 1 is 1.04 bits per heavy atom. The molecule has 0 unspecified atom stereocenters. The smallest absolute Gasteiger partial charge is 0.254 e. The Kier molecular flexibility index (Phi) is 4.72. The number of hydrogen-bond donors (Lipinski definition) is 0. The summed E-state index contributed by atoms with van der Waals surface area (Å²) in [5, 5.41) is 0.310. The van der Waals surface area contributed by atoms with E-state index in [0.717, 1.165) is 5.56 Å². The van der Waals surface area contributed by atoms with E-state index in [9.17, 15) is 9.59 Å². The quantitative estimate of drug-likeness (QED) is 0.640. The minimum atomic E-state index is -0.0556. The molecule has 5 heteroatoms. The van der Waals surface area contributed by atoms with Crippen molar-refractivity contribution in [2.24, 2.45) is 5.92 Å². The summed E-state index contributed by atoms with van der Waals surface area (Å²) in [6.45, 7) is 1.17. The van der Waals surface area contributed by atoms with Crippen LogP contribution in [0.3, 0.4) is 0 Å². The van der Waals surface area contributed by atoms with Gasteiger partial charge in [-0.25, -0.2) is 4.98 Å². The Bertz CT molecular complexity index is 710. The molecule has 1 saturated heterocycles. The maximum absolute atomic E-state index is 12.5. The first-order valence-corrected chi connectivity index (χ1v) is 8.03. The number of nitrogens with zero attached hydrogens (tertiary/aromatic N) is 2. The number of ketones is 1. The summed E-state index contributed by atoms with van der Waals surface area (Å²) in [4.78, 5) is 30.6. The Morgan fingerprint density at radius 3 is 2.39 bits per heavy atom. The molecule has 1 aliphatic heterocycles. The largest absolute Gasteiger partial charge is 0.339 e. The molecule has 0 bridgehead atoms. The van der Waals surface area contributed by atoms with E-state index in [1.54, 1.807) is 17.0 Å². The van der Waals surface area contributed by atoms with Gasteiger partial charge in [-0.3, -0.25) is 9.59 Å². The van der Waals surface area contributed by atoms with Crippen LogP contribution in [0, 0.1) is 5.92 Å². The molecule has 1 aromatic carbocycles. The average molecular weight is 329 g/mol. The predicted molar refractivity (Wildman–Crippen MR) is 88.6 cm³/mol. The Hall–Kier alpha value is -2.20. The van der Waals surface area contributed by atoms with Gasteiger partial charge in [0, 0.05) is 36.3 Å². The Balaban J connectivity index is 1.62. The van der Waals surface area contributed by atoms with Gasteiger partial charge in [-0.05, 0) is 25.0 Å². The highest BCUT2D eigenvalue weighted by atomic mass is 35.5. The van der Waals surface area contributed by atoms with Crippen LogP contribution in [-0.2, 0) is 0 Å². The van der Waals surface area contributed by atoms with Crippen molar-refractivity contribution in [3.8, 4) is 0 Å². The van der Waals surface area contributed by atoms with Crippen LogP contribution in [0.5, 0.6) is 0 Å². The number of hydrogen-bond acceptors (Lipinski definition) is 3. The monoisotopic (exact) mass is 328 g/mol. The number of benzene rings is 1. The van der Waals surface area contributed by atoms with Crippen LogP contribution in [-0.4, -0.2) is 34.7 Å². The number of halogens is 1. The molecular weight excluding hydrogens is 312 g/mol. The molecule has 0 spiro atoms. The molecule has 0 N–H and O–H groups in total. The van der Waals surface area contributed by atoms with Crippen molar-refractivity contribution >= 4 is 23.3 Å². The van der Waals surface area contributed by atoms with Gasteiger partial charge in [0.05, 0.1) is 0 Å². The highest BCUT2D eigenvalue weighted by Crippen LogP contribution is 2.23. The SMILES string of the molecule is O=C(c1ccccc1)C1CCN(C(=O)c2ccnc(Cl)c2)CC1. The van der Waals surface area contributed by atoms with Gasteiger partial charge >= 0.3 is 0 Å². The molecule has 1 aromatic heterocycles. The summed E-state index contributed by atoms with van der Waals surface area (Å²) < 4.78 is 0. The molecule has 23 heavy (non-hydrogen) atoms. The number of carbonyl (C=O) groups excluding carboxylic acids is 2. The zero-order valence-corrected chi connectivity index (χ0v) is 13.4. The normalized spacial score (nSPS) is 15.4. The van der Waals surface area contributed by atoms with E-state index < -0.39 is 0 Å². The summed E-state index contributed by atoms with van der Waals surface area (Å²) in [7, 11) is 0. The molecule has 0 radical (unpaired) electrons. The van der Waals surface area contributed by atoms with Crippen LogP contribution in [0.25, 0.3) is 0 Å². The second-order valence-corrected chi connectivity index (χ2v) is 6.05. The van der Waals surface area contributed by atoms with E-state index in [0.29, 0.717) is 36.6 Å². The lowest BCUT2D eigenvalue weighted by Gasteiger charge is -2.31. The van der Waals surface area contributed by atoms with Crippen molar-refractivity contribution < 1.29 is 9.59 Å². The summed E-state index contributed by atoms with van der Waals surface area (Å²) in [6, 6.07) is 12.6. The van der Waals surface area contributed by atoms with Gasteiger partial charge < -0.3 is 4.90 Å². The third kappa shape index (κ3) is 3.59. The molecular formula is C18H17ClN2O2. The lowest BCUT2D eigenvalue weighted by atomic mass is 9.88. The second kappa shape index (κ2) is 6.92. The minimum Gasteiger partial charge on any atom is -0.339 e. The number of rotatable bonds is 3. The maximum atomic E-state index is 12.5. The van der Waals surface area contributed by atoms with Crippen LogP contribution < -0.4 is 0 Å². The number of likely N-dealkylation sites (tertiary alicyclic amines) is 1. The molecule has 4 nitrogen and oxygen atoms in total. The molecule has 1 aliphatic rings. The number of amides is 1. The Labute approximate surface area is 140 Å².